The van der Waals surface area contributed by atoms with Crippen LogP contribution in [-0.2, 0) is 0 Å². The Morgan fingerprint density at radius 2 is 1.70 bits per heavy atom. The molecule has 0 aliphatic carbocycles. The molecule has 0 amide bonds. The SMILES string of the molecule is CC.Cc1cccnc1Oc1ccc(C(=O)c2nc3ccccc3[nH]2)cc1. The van der Waals surface area contributed by atoms with Gasteiger partial charge in [0, 0.05) is 17.3 Å². The molecule has 0 unspecified atom stereocenters. The third kappa shape index (κ3) is 4.03. The Kier molecular flexibility index (Phi) is 5.61. The summed E-state index contributed by atoms with van der Waals surface area (Å²) in [5, 5.41) is 0. The summed E-state index contributed by atoms with van der Waals surface area (Å²) >= 11 is 0. The van der Waals surface area contributed by atoms with Crippen LogP contribution in [0.2, 0.25) is 0 Å². The van der Waals surface area contributed by atoms with Gasteiger partial charge in [0.15, 0.2) is 5.82 Å². The summed E-state index contributed by atoms with van der Waals surface area (Å²) in [6.45, 7) is 5.93. The first-order chi connectivity index (χ1) is 13.2. The van der Waals surface area contributed by atoms with Crippen LogP contribution in [0, 0.1) is 6.92 Å². The van der Waals surface area contributed by atoms with Crippen LogP contribution in [0.5, 0.6) is 11.6 Å². The standard InChI is InChI=1S/C20H15N3O2.C2H6/c1-13-5-4-12-21-20(13)25-15-10-8-14(9-11-15)18(24)19-22-16-6-2-3-7-17(16)23-19;1-2/h2-12H,1H3,(H,22,23);1-2H3. The monoisotopic (exact) mass is 359 g/mol. The average molecular weight is 359 g/mol. The van der Waals surface area contributed by atoms with E-state index in [2.05, 4.69) is 15.0 Å². The van der Waals surface area contributed by atoms with E-state index >= 15 is 0 Å². The van der Waals surface area contributed by atoms with Crippen LogP contribution >= 0.6 is 0 Å². The lowest BCUT2D eigenvalue weighted by Crippen LogP contribution is -2.03. The molecular formula is C22H21N3O2. The van der Waals surface area contributed by atoms with Crippen molar-refractivity contribution in [2.75, 3.05) is 0 Å². The number of imidazole rings is 1. The molecule has 0 saturated heterocycles. The largest absolute Gasteiger partial charge is 0.439 e. The van der Waals surface area contributed by atoms with Gasteiger partial charge in [0.1, 0.15) is 5.75 Å². The molecule has 2 aromatic carbocycles. The number of benzene rings is 2. The second-order valence-corrected chi connectivity index (χ2v) is 5.68. The maximum atomic E-state index is 12.6. The molecule has 2 aromatic heterocycles. The number of hydrogen-bond donors (Lipinski definition) is 1. The van der Waals surface area contributed by atoms with Crippen LogP contribution in [0.3, 0.4) is 0 Å². The highest BCUT2D eigenvalue weighted by Crippen LogP contribution is 2.23. The van der Waals surface area contributed by atoms with Gasteiger partial charge in [0.05, 0.1) is 11.0 Å². The number of aryl methyl sites for hydroxylation is 1. The number of carbonyl (C=O) groups is 1. The van der Waals surface area contributed by atoms with E-state index in [4.69, 9.17) is 4.74 Å². The first-order valence-corrected chi connectivity index (χ1v) is 8.90. The fourth-order valence-electron chi connectivity index (χ4n) is 2.56. The van der Waals surface area contributed by atoms with E-state index in [9.17, 15) is 4.79 Å². The number of rotatable bonds is 4. The van der Waals surface area contributed by atoms with Crippen molar-refractivity contribution in [1.29, 1.82) is 0 Å². The minimum absolute atomic E-state index is 0.156. The Hall–Kier alpha value is -3.47. The predicted octanol–water partition coefficient (Wildman–Crippen LogP) is 5.32. The van der Waals surface area contributed by atoms with Crippen molar-refractivity contribution < 1.29 is 9.53 Å². The van der Waals surface area contributed by atoms with Crippen molar-refractivity contribution in [1.82, 2.24) is 15.0 Å². The first-order valence-electron chi connectivity index (χ1n) is 8.90. The molecule has 27 heavy (non-hydrogen) atoms. The van der Waals surface area contributed by atoms with Gasteiger partial charge < -0.3 is 9.72 Å². The molecule has 0 bridgehead atoms. The number of H-pyrrole nitrogens is 1. The fourth-order valence-corrected chi connectivity index (χ4v) is 2.56. The topological polar surface area (TPSA) is 67.9 Å². The molecule has 0 aliphatic heterocycles. The molecule has 0 spiro atoms. The number of ketones is 1. The molecule has 1 N–H and O–H groups in total. The van der Waals surface area contributed by atoms with Crippen molar-refractivity contribution in [3.8, 4) is 11.6 Å². The predicted molar refractivity (Wildman–Crippen MR) is 106 cm³/mol. The molecule has 2 heterocycles. The summed E-state index contributed by atoms with van der Waals surface area (Å²) in [6, 6.07) is 18.3. The maximum Gasteiger partial charge on any atom is 0.228 e. The maximum absolute atomic E-state index is 12.6. The Morgan fingerprint density at radius 1 is 0.963 bits per heavy atom. The minimum atomic E-state index is -0.156. The van der Waals surface area contributed by atoms with Crippen LogP contribution in [0.15, 0.2) is 66.9 Å². The zero-order valence-electron chi connectivity index (χ0n) is 15.6. The molecule has 0 atom stereocenters. The fraction of sp³-hybridized carbons (Fsp3) is 0.136. The number of para-hydroxylation sites is 2. The molecule has 5 heteroatoms. The van der Waals surface area contributed by atoms with E-state index < -0.39 is 0 Å². The number of pyridine rings is 1. The molecule has 4 rings (SSSR count). The van der Waals surface area contributed by atoms with Crippen LogP contribution < -0.4 is 4.74 Å². The highest BCUT2D eigenvalue weighted by Gasteiger charge is 2.14. The van der Waals surface area contributed by atoms with Crippen LogP contribution in [-0.4, -0.2) is 20.7 Å². The molecule has 0 saturated carbocycles. The first kappa shape index (κ1) is 18.3. The molecule has 4 aromatic rings. The van der Waals surface area contributed by atoms with Gasteiger partial charge in [-0.1, -0.05) is 32.0 Å². The number of carbonyl (C=O) groups excluding carboxylic acids is 1. The number of nitrogens with zero attached hydrogens (tertiary/aromatic N) is 2. The summed E-state index contributed by atoms with van der Waals surface area (Å²) in [5.41, 5.74) is 3.11. The molecule has 0 aliphatic rings. The Bertz CT molecular complexity index is 1020. The van der Waals surface area contributed by atoms with Crippen molar-refractivity contribution in [2.24, 2.45) is 0 Å². The van der Waals surface area contributed by atoms with Crippen LogP contribution in [0.1, 0.15) is 35.6 Å². The molecular weight excluding hydrogens is 338 g/mol. The van der Waals surface area contributed by atoms with E-state index in [1.165, 1.54) is 0 Å². The van der Waals surface area contributed by atoms with Crippen molar-refractivity contribution in [3.05, 3.63) is 83.8 Å². The lowest BCUT2D eigenvalue weighted by molar-refractivity contribution is 0.103. The number of fused-ring (bicyclic) bond motifs is 1. The van der Waals surface area contributed by atoms with Gasteiger partial charge in [0.2, 0.25) is 11.7 Å². The third-order valence-electron chi connectivity index (χ3n) is 3.90. The molecule has 136 valence electrons. The number of aromatic nitrogens is 3. The lowest BCUT2D eigenvalue weighted by Gasteiger charge is -2.07. The highest BCUT2D eigenvalue weighted by molar-refractivity contribution is 6.08. The van der Waals surface area contributed by atoms with Crippen molar-refractivity contribution in [3.63, 3.8) is 0 Å². The number of aromatic amines is 1. The van der Waals surface area contributed by atoms with Gasteiger partial charge >= 0.3 is 0 Å². The van der Waals surface area contributed by atoms with Gasteiger partial charge in [-0.25, -0.2) is 9.97 Å². The lowest BCUT2D eigenvalue weighted by atomic mass is 10.1. The summed E-state index contributed by atoms with van der Waals surface area (Å²) < 4.78 is 5.75. The number of nitrogens with one attached hydrogen (secondary N) is 1. The normalized spacial score (nSPS) is 10.2. The number of ether oxygens (including phenoxy) is 1. The summed E-state index contributed by atoms with van der Waals surface area (Å²) in [7, 11) is 0. The Morgan fingerprint density at radius 3 is 2.41 bits per heavy atom. The Labute approximate surface area is 158 Å². The van der Waals surface area contributed by atoms with Crippen molar-refractivity contribution in [2.45, 2.75) is 20.8 Å². The van der Waals surface area contributed by atoms with Crippen molar-refractivity contribution >= 4 is 16.8 Å². The van der Waals surface area contributed by atoms with Gasteiger partial charge in [-0.05, 0) is 49.4 Å². The summed E-state index contributed by atoms with van der Waals surface area (Å²) in [4.78, 5) is 24.2. The quantitative estimate of drug-likeness (QED) is 0.501. The average Bonchev–Trinajstić information content (AvgIpc) is 3.15. The van der Waals surface area contributed by atoms with Gasteiger partial charge in [-0.2, -0.15) is 0 Å². The number of hydrogen-bond acceptors (Lipinski definition) is 4. The highest BCUT2D eigenvalue weighted by atomic mass is 16.5. The zero-order chi connectivity index (χ0) is 19.2. The van der Waals surface area contributed by atoms with Gasteiger partial charge in [-0.15, -0.1) is 0 Å². The van der Waals surface area contributed by atoms with E-state index in [0.717, 1.165) is 16.6 Å². The second-order valence-electron chi connectivity index (χ2n) is 5.68. The summed E-state index contributed by atoms with van der Waals surface area (Å²) in [5.74, 6) is 1.36. The van der Waals surface area contributed by atoms with Gasteiger partial charge in [0.25, 0.3) is 0 Å². The van der Waals surface area contributed by atoms with Gasteiger partial charge in [-0.3, -0.25) is 4.79 Å². The minimum Gasteiger partial charge on any atom is -0.439 e. The smallest absolute Gasteiger partial charge is 0.228 e. The second kappa shape index (κ2) is 8.27. The Balaban J connectivity index is 0.00000102. The van der Waals surface area contributed by atoms with Crippen LogP contribution in [0.25, 0.3) is 11.0 Å². The molecule has 0 radical (unpaired) electrons. The third-order valence-corrected chi connectivity index (χ3v) is 3.90. The zero-order valence-corrected chi connectivity index (χ0v) is 15.6. The van der Waals surface area contributed by atoms with E-state index in [1.807, 2.05) is 57.2 Å². The van der Waals surface area contributed by atoms with E-state index in [1.54, 1.807) is 30.5 Å². The van der Waals surface area contributed by atoms with E-state index in [-0.39, 0.29) is 5.78 Å². The molecule has 5 nitrogen and oxygen atoms in total. The van der Waals surface area contributed by atoms with Crippen LogP contribution in [0.4, 0.5) is 0 Å². The molecule has 0 fully saturated rings. The van der Waals surface area contributed by atoms with E-state index in [0.29, 0.717) is 23.0 Å². The summed E-state index contributed by atoms with van der Waals surface area (Å²) in [6.07, 6.45) is 1.68.